The first kappa shape index (κ1) is 13.4. The Morgan fingerprint density at radius 3 is 3.00 bits per heavy atom. The van der Waals surface area contributed by atoms with E-state index in [4.69, 9.17) is 10.5 Å². The summed E-state index contributed by atoms with van der Waals surface area (Å²) in [5, 5.41) is 4.65. The fraction of sp³-hybridized carbons (Fsp3) is 0.154. The maximum Gasteiger partial charge on any atom is 0.414 e. The van der Waals surface area contributed by atoms with E-state index in [0.717, 1.165) is 0 Å². The molecule has 21 heavy (non-hydrogen) atoms. The number of ether oxygens (including phenoxy) is 1. The summed E-state index contributed by atoms with van der Waals surface area (Å²) in [5.41, 5.74) is 7.02. The molecule has 8 heteroatoms. The highest BCUT2D eigenvalue weighted by Gasteiger charge is 2.23. The number of rotatable bonds is 3. The number of carbonyl (C=O) groups excluding carboxylic acids is 2. The minimum Gasteiger partial charge on any atom is -0.447 e. The highest BCUT2D eigenvalue weighted by molar-refractivity contribution is 7.13. The quantitative estimate of drug-likeness (QED) is 0.903. The lowest BCUT2D eigenvalue weighted by molar-refractivity contribution is 0.102. The number of carbonyl (C=O) groups is 2. The zero-order valence-corrected chi connectivity index (χ0v) is 11.7. The van der Waals surface area contributed by atoms with Crippen molar-refractivity contribution in [3.63, 3.8) is 0 Å². The van der Waals surface area contributed by atoms with Gasteiger partial charge < -0.3 is 15.8 Å². The third-order valence-electron chi connectivity index (χ3n) is 2.93. The molecule has 1 aromatic heterocycles. The number of nitrogen functional groups attached to an aromatic ring is 1. The normalized spacial score (nSPS) is 14.1. The van der Waals surface area contributed by atoms with Crippen molar-refractivity contribution in [3.8, 4) is 0 Å². The van der Waals surface area contributed by atoms with Crippen LogP contribution in [0.25, 0.3) is 0 Å². The molecule has 1 fully saturated rings. The molecule has 0 saturated carbocycles. The molecule has 1 aliphatic rings. The molecule has 7 nitrogen and oxygen atoms in total. The predicted molar refractivity (Wildman–Crippen MR) is 79.6 cm³/mol. The van der Waals surface area contributed by atoms with Crippen molar-refractivity contribution < 1.29 is 14.3 Å². The number of nitrogens with two attached hydrogens (primary N) is 1. The summed E-state index contributed by atoms with van der Waals surface area (Å²) in [6.45, 7) is 0.867. The predicted octanol–water partition coefficient (Wildman–Crippen LogP) is 1.93. The van der Waals surface area contributed by atoms with Crippen molar-refractivity contribution in [1.29, 1.82) is 0 Å². The number of hydrogen-bond donors (Lipinski definition) is 2. The summed E-state index contributed by atoms with van der Waals surface area (Å²) < 4.78 is 4.89. The molecular formula is C13H12N4O3S. The molecule has 1 saturated heterocycles. The Morgan fingerprint density at radius 1 is 1.48 bits per heavy atom. The Kier molecular flexibility index (Phi) is 3.44. The van der Waals surface area contributed by atoms with Crippen LogP contribution in [0, 0.1) is 0 Å². The van der Waals surface area contributed by atoms with Crippen LogP contribution in [0.1, 0.15) is 10.5 Å². The summed E-state index contributed by atoms with van der Waals surface area (Å²) in [6, 6.07) is 6.98. The second kappa shape index (κ2) is 5.41. The number of nitrogens with zero attached hydrogens (tertiary/aromatic N) is 2. The number of cyclic esters (lactones) is 1. The average Bonchev–Trinajstić information content (AvgIpc) is 3.08. The van der Waals surface area contributed by atoms with Gasteiger partial charge in [0.2, 0.25) is 0 Å². The molecule has 3 rings (SSSR count). The maximum atomic E-state index is 12.0. The summed E-state index contributed by atoms with van der Waals surface area (Å²) >= 11 is 1.20. The topological polar surface area (TPSA) is 97.5 Å². The summed E-state index contributed by atoms with van der Waals surface area (Å²) in [7, 11) is 0. The van der Waals surface area contributed by atoms with E-state index >= 15 is 0 Å². The lowest BCUT2D eigenvalue weighted by atomic mass is 10.2. The maximum absolute atomic E-state index is 12.0. The van der Waals surface area contributed by atoms with Gasteiger partial charge in [-0.1, -0.05) is 6.07 Å². The third kappa shape index (κ3) is 2.79. The standard InChI is InChI=1S/C13H12N4O3S/c14-12-16-10(7-21-12)11(18)15-8-2-1-3-9(6-8)17-4-5-20-13(17)19/h1-3,6-7H,4-5H2,(H2,14,16)(H,15,18). The second-order valence-electron chi connectivity index (χ2n) is 4.34. The smallest absolute Gasteiger partial charge is 0.414 e. The van der Waals surface area contributed by atoms with Crippen LogP contribution < -0.4 is 16.0 Å². The van der Waals surface area contributed by atoms with Crippen LogP contribution in [0.2, 0.25) is 0 Å². The Morgan fingerprint density at radius 2 is 2.33 bits per heavy atom. The lowest BCUT2D eigenvalue weighted by Crippen LogP contribution is -2.23. The van der Waals surface area contributed by atoms with E-state index in [1.165, 1.54) is 16.2 Å². The van der Waals surface area contributed by atoms with Crippen LogP contribution in [-0.2, 0) is 4.74 Å². The van der Waals surface area contributed by atoms with Crippen molar-refractivity contribution in [2.24, 2.45) is 0 Å². The molecule has 1 aromatic carbocycles. The van der Waals surface area contributed by atoms with Gasteiger partial charge in [-0.2, -0.15) is 0 Å². The van der Waals surface area contributed by atoms with Gasteiger partial charge in [0.1, 0.15) is 12.3 Å². The highest BCUT2D eigenvalue weighted by atomic mass is 32.1. The molecule has 2 heterocycles. The first-order chi connectivity index (χ1) is 10.1. The van der Waals surface area contributed by atoms with Gasteiger partial charge >= 0.3 is 6.09 Å². The number of nitrogens with one attached hydrogen (secondary N) is 1. The van der Waals surface area contributed by atoms with Gasteiger partial charge in [-0.3, -0.25) is 9.69 Å². The zero-order valence-electron chi connectivity index (χ0n) is 10.9. The number of thiazole rings is 1. The zero-order chi connectivity index (χ0) is 14.8. The van der Waals surface area contributed by atoms with Crippen LogP contribution in [0.5, 0.6) is 0 Å². The number of amides is 2. The van der Waals surface area contributed by atoms with E-state index in [1.807, 2.05) is 0 Å². The molecule has 2 aromatic rings. The minimum absolute atomic E-state index is 0.267. The van der Waals surface area contributed by atoms with Crippen molar-refractivity contribution in [3.05, 3.63) is 35.3 Å². The molecule has 0 bridgehead atoms. The SMILES string of the molecule is Nc1nc(C(=O)Nc2cccc(N3CCOC3=O)c2)cs1. The Balaban J connectivity index is 1.77. The molecule has 108 valence electrons. The number of aromatic nitrogens is 1. The van der Waals surface area contributed by atoms with Crippen molar-refractivity contribution >= 4 is 39.8 Å². The Labute approximate surface area is 124 Å². The van der Waals surface area contributed by atoms with Crippen LogP contribution >= 0.6 is 11.3 Å². The monoisotopic (exact) mass is 304 g/mol. The van der Waals surface area contributed by atoms with E-state index in [0.29, 0.717) is 29.7 Å². The van der Waals surface area contributed by atoms with Crippen molar-refractivity contribution in [2.75, 3.05) is 29.1 Å². The molecule has 2 amide bonds. The van der Waals surface area contributed by atoms with Gasteiger partial charge in [-0.05, 0) is 18.2 Å². The van der Waals surface area contributed by atoms with Crippen LogP contribution in [0.4, 0.5) is 21.3 Å². The van der Waals surface area contributed by atoms with Crippen LogP contribution in [-0.4, -0.2) is 30.1 Å². The van der Waals surface area contributed by atoms with E-state index in [1.54, 1.807) is 29.6 Å². The van der Waals surface area contributed by atoms with E-state index < -0.39 is 0 Å². The second-order valence-corrected chi connectivity index (χ2v) is 5.23. The minimum atomic E-state index is -0.384. The van der Waals surface area contributed by atoms with Gasteiger partial charge in [0.15, 0.2) is 5.13 Å². The van der Waals surface area contributed by atoms with E-state index in [2.05, 4.69) is 10.3 Å². The average molecular weight is 304 g/mol. The molecule has 0 unspecified atom stereocenters. The molecule has 3 N–H and O–H groups in total. The lowest BCUT2D eigenvalue weighted by Gasteiger charge is -2.14. The third-order valence-corrected chi connectivity index (χ3v) is 3.60. The summed E-state index contributed by atoms with van der Waals surface area (Å²) in [6.07, 6.45) is -0.384. The van der Waals surface area contributed by atoms with Crippen molar-refractivity contribution in [2.45, 2.75) is 0 Å². The largest absolute Gasteiger partial charge is 0.447 e. The van der Waals surface area contributed by atoms with Gasteiger partial charge in [-0.25, -0.2) is 9.78 Å². The molecule has 0 radical (unpaired) electrons. The fourth-order valence-corrected chi connectivity index (χ4v) is 2.51. The number of anilines is 3. The first-order valence-electron chi connectivity index (χ1n) is 6.20. The summed E-state index contributed by atoms with van der Waals surface area (Å²) in [5.74, 6) is -0.343. The number of benzene rings is 1. The Bertz CT molecular complexity index is 700. The molecular weight excluding hydrogens is 292 g/mol. The van der Waals surface area contributed by atoms with Gasteiger partial charge in [0.05, 0.1) is 6.54 Å². The fourth-order valence-electron chi connectivity index (χ4n) is 1.97. The van der Waals surface area contributed by atoms with E-state index in [-0.39, 0.29) is 17.7 Å². The van der Waals surface area contributed by atoms with Gasteiger partial charge in [-0.15, -0.1) is 11.3 Å². The highest BCUT2D eigenvalue weighted by Crippen LogP contribution is 2.23. The summed E-state index contributed by atoms with van der Waals surface area (Å²) in [4.78, 5) is 29.0. The van der Waals surface area contributed by atoms with Crippen LogP contribution in [0.15, 0.2) is 29.6 Å². The van der Waals surface area contributed by atoms with E-state index in [9.17, 15) is 9.59 Å². The van der Waals surface area contributed by atoms with Gasteiger partial charge in [0.25, 0.3) is 5.91 Å². The Hall–Kier alpha value is -2.61. The molecule has 0 aliphatic carbocycles. The van der Waals surface area contributed by atoms with Crippen LogP contribution in [0.3, 0.4) is 0 Å². The molecule has 0 atom stereocenters. The molecule has 1 aliphatic heterocycles. The van der Waals surface area contributed by atoms with Gasteiger partial charge in [0, 0.05) is 16.8 Å². The number of hydrogen-bond acceptors (Lipinski definition) is 6. The van der Waals surface area contributed by atoms with Crippen molar-refractivity contribution in [1.82, 2.24) is 4.98 Å². The first-order valence-corrected chi connectivity index (χ1v) is 7.08. The molecule has 0 spiro atoms.